The number of nitrogens with zero attached hydrogens (tertiary/aromatic N) is 1. The van der Waals surface area contributed by atoms with E-state index in [4.69, 9.17) is 4.98 Å². The number of rotatable bonds is 1. The summed E-state index contributed by atoms with van der Waals surface area (Å²) in [5.74, 6) is 1.09. The first-order chi connectivity index (χ1) is 11.7. The monoisotopic (exact) mass is 321 g/mol. The first kappa shape index (κ1) is 13.7. The molecule has 0 radical (unpaired) electrons. The molecule has 1 fully saturated rings. The van der Waals surface area contributed by atoms with E-state index in [1.54, 1.807) is 12.3 Å². The molecule has 0 amide bonds. The van der Waals surface area contributed by atoms with Gasteiger partial charge in [-0.3, -0.25) is 4.79 Å². The van der Waals surface area contributed by atoms with Crippen molar-refractivity contribution in [2.24, 2.45) is 0 Å². The molecule has 0 spiro atoms. The summed E-state index contributed by atoms with van der Waals surface area (Å²) in [6, 6.07) is 6.43. The molecule has 5 rings (SSSR count). The lowest BCUT2D eigenvalue weighted by atomic mass is 10.0. The first-order valence-corrected chi connectivity index (χ1v) is 8.34. The van der Waals surface area contributed by atoms with Crippen LogP contribution in [0.25, 0.3) is 32.6 Å². The molecule has 1 aliphatic rings. The van der Waals surface area contributed by atoms with E-state index >= 15 is 0 Å². The second-order valence-electron chi connectivity index (χ2n) is 6.61. The van der Waals surface area contributed by atoms with Gasteiger partial charge in [0, 0.05) is 28.3 Å². The molecule has 2 heterocycles. The van der Waals surface area contributed by atoms with Crippen molar-refractivity contribution in [2.75, 3.05) is 0 Å². The maximum absolute atomic E-state index is 13.8. The van der Waals surface area contributed by atoms with Gasteiger partial charge in [0.25, 0.3) is 5.56 Å². The third-order valence-electron chi connectivity index (χ3n) is 5.20. The first-order valence-electron chi connectivity index (χ1n) is 8.34. The van der Waals surface area contributed by atoms with Crippen molar-refractivity contribution < 1.29 is 4.39 Å². The minimum Gasteiger partial charge on any atom is -0.341 e. The average Bonchev–Trinajstić information content (AvgIpc) is 3.24. The molecule has 24 heavy (non-hydrogen) atoms. The number of fused-ring (bicyclic) bond motifs is 6. The normalized spacial score (nSPS) is 15.9. The number of nitrogens with one attached hydrogen (secondary N) is 2. The summed E-state index contributed by atoms with van der Waals surface area (Å²) in [5.41, 5.74) is 1.49. The standard InChI is InChI=1S/C19H16FN3O/c20-11-5-6-12-14(9-11)15-13(7-8-21-19(15)24)17-16(12)22-18(23-17)10-3-1-2-4-10/h5-10H,1-4H2,(H,21,24)(H,22,23). The highest BCUT2D eigenvalue weighted by atomic mass is 19.1. The van der Waals surface area contributed by atoms with E-state index in [1.807, 2.05) is 6.07 Å². The van der Waals surface area contributed by atoms with Gasteiger partial charge >= 0.3 is 0 Å². The van der Waals surface area contributed by atoms with Crippen LogP contribution in [0.2, 0.25) is 0 Å². The Hall–Kier alpha value is -2.69. The van der Waals surface area contributed by atoms with Crippen molar-refractivity contribution >= 4 is 32.6 Å². The molecule has 2 N–H and O–H groups in total. The number of imidazole rings is 1. The fourth-order valence-electron chi connectivity index (χ4n) is 4.06. The molecule has 1 saturated carbocycles. The molecule has 0 saturated heterocycles. The number of aromatic nitrogens is 3. The zero-order chi connectivity index (χ0) is 16.3. The van der Waals surface area contributed by atoms with E-state index in [9.17, 15) is 9.18 Å². The van der Waals surface area contributed by atoms with Crippen molar-refractivity contribution in [3.63, 3.8) is 0 Å². The van der Waals surface area contributed by atoms with Gasteiger partial charge in [-0.1, -0.05) is 12.8 Å². The Labute approximate surface area is 136 Å². The summed E-state index contributed by atoms with van der Waals surface area (Å²) < 4.78 is 13.8. The van der Waals surface area contributed by atoms with Gasteiger partial charge in [0.1, 0.15) is 11.6 Å². The molecule has 5 heteroatoms. The molecule has 0 atom stereocenters. The molecule has 4 aromatic rings. The number of pyridine rings is 1. The smallest absolute Gasteiger partial charge is 0.256 e. The van der Waals surface area contributed by atoms with Crippen LogP contribution in [0.3, 0.4) is 0 Å². The zero-order valence-electron chi connectivity index (χ0n) is 13.0. The Kier molecular flexibility index (Phi) is 2.80. The molecule has 2 aromatic heterocycles. The number of hydrogen-bond donors (Lipinski definition) is 2. The Balaban J connectivity index is 1.98. The number of aromatic amines is 2. The van der Waals surface area contributed by atoms with E-state index in [1.165, 1.54) is 25.0 Å². The maximum Gasteiger partial charge on any atom is 0.256 e. The van der Waals surface area contributed by atoms with Crippen molar-refractivity contribution in [3.8, 4) is 0 Å². The minimum atomic E-state index is -0.349. The van der Waals surface area contributed by atoms with Crippen LogP contribution in [-0.4, -0.2) is 15.0 Å². The second-order valence-corrected chi connectivity index (χ2v) is 6.61. The fraction of sp³-hybridized carbons (Fsp3) is 0.263. The van der Waals surface area contributed by atoms with Crippen LogP contribution in [-0.2, 0) is 0 Å². The summed E-state index contributed by atoms with van der Waals surface area (Å²) in [6.45, 7) is 0. The van der Waals surface area contributed by atoms with Crippen LogP contribution in [0.4, 0.5) is 4.39 Å². The van der Waals surface area contributed by atoms with Gasteiger partial charge < -0.3 is 9.97 Å². The lowest BCUT2D eigenvalue weighted by molar-refractivity contribution is 0.630. The van der Waals surface area contributed by atoms with E-state index < -0.39 is 0 Å². The van der Waals surface area contributed by atoms with Crippen molar-refractivity contribution in [1.82, 2.24) is 15.0 Å². The molecule has 0 unspecified atom stereocenters. The summed E-state index contributed by atoms with van der Waals surface area (Å²) in [4.78, 5) is 23.4. The Bertz CT molecular complexity index is 1150. The molecule has 0 bridgehead atoms. The van der Waals surface area contributed by atoms with E-state index in [0.717, 1.165) is 40.5 Å². The molecular formula is C19H16FN3O. The van der Waals surface area contributed by atoms with Gasteiger partial charge in [0.2, 0.25) is 0 Å². The summed E-state index contributed by atoms with van der Waals surface area (Å²) in [5, 5.41) is 2.74. The lowest BCUT2D eigenvalue weighted by Crippen LogP contribution is -2.05. The van der Waals surface area contributed by atoms with E-state index in [0.29, 0.717) is 16.7 Å². The molecule has 1 aliphatic carbocycles. The number of halogens is 1. The Morgan fingerprint density at radius 3 is 2.75 bits per heavy atom. The molecule has 0 aliphatic heterocycles. The summed E-state index contributed by atoms with van der Waals surface area (Å²) in [6.07, 6.45) is 6.38. The van der Waals surface area contributed by atoms with E-state index in [2.05, 4.69) is 9.97 Å². The van der Waals surface area contributed by atoms with Gasteiger partial charge in [-0.25, -0.2) is 9.37 Å². The Morgan fingerprint density at radius 2 is 1.92 bits per heavy atom. The third-order valence-corrected chi connectivity index (χ3v) is 5.20. The molecule has 2 aromatic carbocycles. The van der Waals surface area contributed by atoms with Crippen LogP contribution in [0.1, 0.15) is 37.4 Å². The van der Waals surface area contributed by atoms with Crippen molar-refractivity contribution in [1.29, 1.82) is 0 Å². The van der Waals surface area contributed by atoms with Crippen LogP contribution >= 0.6 is 0 Å². The maximum atomic E-state index is 13.8. The van der Waals surface area contributed by atoms with Crippen molar-refractivity contribution in [2.45, 2.75) is 31.6 Å². The van der Waals surface area contributed by atoms with Gasteiger partial charge in [-0.2, -0.15) is 0 Å². The SMILES string of the molecule is O=c1[nH]ccc2c3[nH]c(C4CCCC4)nc3c3ccc(F)cc3c12. The summed E-state index contributed by atoms with van der Waals surface area (Å²) in [7, 11) is 0. The topological polar surface area (TPSA) is 61.5 Å². The highest BCUT2D eigenvalue weighted by Crippen LogP contribution is 2.37. The number of benzene rings is 2. The minimum absolute atomic E-state index is 0.206. The third kappa shape index (κ3) is 1.84. The number of H-pyrrole nitrogens is 2. The highest BCUT2D eigenvalue weighted by Gasteiger charge is 2.22. The van der Waals surface area contributed by atoms with Crippen LogP contribution < -0.4 is 5.56 Å². The quantitative estimate of drug-likeness (QED) is 0.512. The molecule has 120 valence electrons. The van der Waals surface area contributed by atoms with Gasteiger partial charge in [-0.15, -0.1) is 0 Å². The van der Waals surface area contributed by atoms with Crippen LogP contribution in [0, 0.1) is 5.82 Å². The van der Waals surface area contributed by atoms with Crippen molar-refractivity contribution in [3.05, 3.63) is 52.5 Å². The second kappa shape index (κ2) is 4.90. The number of hydrogen-bond acceptors (Lipinski definition) is 2. The van der Waals surface area contributed by atoms with Crippen LogP contribution in [0.5, 0.6) is 0 Å². The summed E-state index contributed by atoms with van der Waals surface area (Å²) >= 11 is 0. The fourth-order valence-corrected chi connectivity index (χ4v) is 4.06. The van der Waals surface area contributed by atoms with Crippen LogP contribution in [0.15, 0.2) is 35.3 Å². The average molecular weight is 321 g/mol. The Morgan fingerprint density at radius 1 is 1.08 bits per heavy atom. The molecule has 4 nitrogen and oxygen atoms in total. The predicted octanol–water partition coefficient (Wildman–Crippen LogP) is 4.35. The van der Waals surface area contributed by atoms with Gasteiger partial charge in [-0.05, 0) is 37.1 Å². The van der Waals surface area contributed by atoms with Gasteiger partial charge in [0.05, 0.1) is 16.4 Å². The highest BCUT2D eigenvalue weighted by molar-refractivity contribution is 6.22. The van der Waals surface area contributed by atoms with Gasteiger partial charge in [0.15, 0.2) is 0 Å². The molecular weight excluding hydrogens is 305 g/mol. The van der Waals surface area contributed by atoms with E-state index in [-0.39, 0.29) is 11.4 Å². The lowest BCUT2D eigenvalue weighted by Gasteiger charge is -2.05. The largest absolute Gasteiger partial charge is 0.341 e. The zero-order valence-corrected chi connectivity index (χ0v) is 13.0. The predicted molar refractivity (Wildman–Crippen MR) is 92.9 cm³/mol.